The lowest BCUT2D eigenvalue weighted by Crippen LogP contribution is -2.19. The summed E-state index contributed by atoms with van der Waals surface area (Å²) in [7, 11) is 0. The molecule has 0 radical (unpaired) electrons. The summed E-state index contributed by atoms with van der Waals surface area (Å²) >= 11 is 0. The van der Waals surface area contributed by atoms with Crippen molar-refractivity contribution in [3.05, 3.63) is 88.6 Å². The first-order valence-electron chi connectivity index (χ1n) is 16.1. The first-order valence-corrected chi connectivity index (χ1v) is 16.1. The molecule has 0 N–H and O–H groups in total. The van der Waals surface area contributed by atoms with E-state index in [0.717, 1.165) is 12.8 Å². The van der Waals surface area contributed by atoms with Gasteiger partial charge in [0.2, 0.25) is 0 Å². The predicted octanol–water partition coefficient (Wildman–Crippen LogP) is 13.0. The first-order chi connectivity index (χ1) is 18.6. The molecule has 1 rings (SSSR count). The van der Waals surface area contributed by atoms with Crippen LogP contribution in [0.4, 0.5) is 0 Å². The van der Waals surface area contributed by atoms with Crippen LogP contribution < -0.4 is 0 Å². The van der Waals surface area contributed by atoms with E-state index in [-0.39, 0.29) is 0 Å². The van der Waals surface area contributed by atoms with Gasteiger partial charge in [0, 0.05) is 0 Å². The van der Waals surface area contributed by atoms with Crippen molar-refractivity contribution in [1.82, 2.24) is 0 Å². The maximum Gasteiger partial charge on any atom is -0.0107 e. The molecular formula is C39H62. The van der Waals surface area contributed by atoms with E-state index >= 15 is 0 Å². The van der Waals surface area contributed by atoms with Crippen molar-refractivity contribution >= 4 is 6.08 Å². The molecular weight excluding hydrogens is 468 g/mol. The fraction of sp³-hybridized carbons (Fsp3) is 0.590. The van der Waals surface area contributed by atoms with Gasteiger partial charge in [0.1, 0.15) is 0 Å². The standard InChI is InChI=1S/C39H62/c1-12-17-19-21-30(8)36-25-26-37(27-33(11)35(16-5)22-18-13-2)38(28-36)39(29(6)7)32(10)24-23-31(9)34(15-4)20-14-3/h13-14,18,20,22,25-32,39H,3,12,15-17,19,21,23-24H2,1-2,4-11H3. The Morgan fingerprint density at radius 2 is 1.62 bits per heavy atom. The number of benzene rings is 1. The second-order valence-electron chi connectivity index (χ2n) is 12.2. The van der Waals surface area contributed by atoms with Crippen molar-refractivity contribution in [2.75, 3.05) is 0 Å². The fourth-order valence-corrected chi connectivity index (χ4v) is 6.24. The average Bonchev–Trinajstić information content (AvgIpc) is 2.91. The van der Waals surface area contributed by atoms with Gasteiger partial charge in [0.25, 0.3) is 0 Å². The van der Waals surface area contributed by atoms with Crippen molar-refractivity contribution in [3.63, 3.8) is 0 Å². The maximum absolute atomic E-state index is 3.94. The van der Waals surface area contributed by atoms with E-state index in [1.54, 1.807) is 5.56 Å². The number of hydrogen-bond donors (Lipinski definition) is 0. The average molecular weight is 531 g/mol. The van der Waals surface area contributed by atoms with E-state index in [9.17, 15) is 0 Å². The zero-order valence-electron chi connectivity index (χ0n) is 27.4. The van der Waals surface area contributed by atoms with Crippen LogP contribution >= 0.6 is 0 Å². The number of allylic oxidation sites excluding steroid dienone is 8. The van der Waals surface area contributed by atoms with Crippen LogP contribution in [0.2, 0.25) is 0 Å². The highest BCUT2D eigenvalue weighted by molar-refractivity contribution is 5.62. The second kappa shape index (κ2) is 19.1. The Labute approximate surface area is 244 Å². The topological polar surface area (TPSA) is 0 Å². The summed E-state index contributed by atoms with van der Waals surface area (Å²) in [6.07, 6.45) is 23.1. The zero-order valence-corrected chi connectivity index (χ0v) is 27.4. The number of rotatable bonds is 18. The van der Waals surface area contributed by atoms with E-state index in [2.05, 4.69) is 124 Å². The largest absolute Gasteiger partial charge is 0.0991 e. The van der Waals surface area contributed by atoms with Gasteiger partial charge in [-0.3, -0.25) is 0 Å². The van der Waals surface area contributed by atoms with Crippen LogP contribution in [0.3, 0.4) is 0 Å². The Kier molecular flexibility index (Phi) is 17.1. The van der Waals surface area contributed by atoms with Gasteiger partial charge in [-0.15, -0.1) is 0 Å². The molecule has 0 aliphatic carbocycles. The van der Waals surface area contributed by atoms with Crippen molar-refractivity contribution < 1.29 is 0 Å². The molecule has 0 fully saturated rings. The smallest absolute Gasteiger partial charge is 0.0107 e. The van der Waals surface area contributed by atoms with Gasteiger partial charge in [-0.1, -0.05) is 141 Å². The van der Waals surface area contributed by atoms with Gasteiger partial charge in [-0.25, -0.2) is 0 Å². The Hall–Kier alpha value is -2.08. The molecule has 0 heterocycles. The monoisotopic (exact) mass is 530 g/mol. The number of hydrogen-bond acceptors (Lipinski definition) is 0. The molecule has 0 amide bonds. The minimum Gasteiger partial charge on any atom is -0.0991 e. The van der Waals surface area contributed by atoms with E-state index in [1.165, 1.54) is 66.4 Å². The number of unbranched alkanes of at least 4 members (excludes halogenated alkanes) is 2. The normalized spacial score (nSPS) is 16.5. The molecule has 0 aliphatic heterocycles. The van der Waals surface area contributed by atoms with Crippen LogP contribution in [0, 0.1) is 17.8 Å². The van der Waals surface area contributed by atoms with Gasteiger partial charge < -0.3 is 0 Å². The maximum atomic E-state index is 3.94. The Morgan fingerprint density at radius 1 is 0.897 bits per heavy atom. The van der Waals surface area contributed by atoms with Crippen LogP contribution in [0.5, 0.6) is 0 Å². The lowest BCUT2D eigenvalue weighted by Gasteiger charge is -2.31. The van der Waals surface area contributed by atoms with Crippen LogP contribution in [0.1, 0.15) is 149 Å². The Balaban J connectivity index is 3.52. The van der Waals surface area contributed by atoms with E-state index in [1.807, 2.05) is 6.08 Å². The minimum atomic E-state index is 0.539. The Bertz CT molecular complexity index is 964. The van der Waals surface area contributed by atoms with Crippen molar-refractivity contribution in [2.45, 2.75) is 132 Å². The first kappa shape index (κ1) is 34.9. The third-order valence-corrected chi connectivity index (χ3v) is 8.79. The minimum absolute atomic E-state index is 0.539. The lowest BCUT2D eigenvalue weighted by molar-refractivity contribution is 0.326. The Morgan fingerprint density at radius 3 is 2.18 bits per heavy atom. The molecule has 39 heavy (non-hydrogen) atoms. The molecule has 1 aromatic carbocycles. The zero-order chi connectivity index (χ0) is 29.4. The molecule has 1 aromatic rings. The van der Waals surface area contributed by atoms with Gasteiger partial charge in [0.15, 0.2) is 0 Å². The van der Waals surface area contributed by atoms with Gasteiger partial charge in [0.05, 0.1) is 0 Å². The van der Waals surface area contributed by atoms with Gasteiger partial charge in [-0.05, 0) is 103 Å². The quantitative estimate of drug-likeness (QED) is 0.131. The molecule has 4 unspecified atom stereocenters. The molecule has 0 aliphatic rings. The molecule has 0 aromatic heterocycles. The predicted molar refractivity (Wildman–Crippen MR) is 180 cm³/mol. The van der Waals surface area contributed by atoms with Crippen molar-refractivity contribution in [1.29, 1.82) is 0 Å². The molecule has 0 saturated carbocycles. The summed E-state index contributed by atoms with van der Waals surface area (Å²) in [6, 6.07) is 7.44. The van der Waals surface area contributed by atoms with Crippen LogP contribution in [0.25, 0.3) is 6.08 Å². The van der Waals surface area contributed by atoms with Crippen molar-refractivity contribution in [3.8, 4) is 0 Å². The van der Waals surface area contributed by atoms with Crippen LogP contribution in [-0.4, -0.2) is 0 Å². The highest BCUT2D eigenvalue weighted by Crippen LogP contribution is 2.40. The van der Waals surface area contributed by atoms with Crippen LogP contribution in [-0.2, 0) is 0 Å². The highest BCUT2D eigenvalue weighted by Gasteiger charge is 2.26. The third kappa shape index (κ3) is 11.5. The molecule has 0 heteroatoms. The molecule has 4 atom stereocenters. The SMILES string of the molecule is C=CC=C(CC)C(C)CCC(C)C(c1cc(C(C)CCCCC)ccc1C=C(C)C(=CC=CC)CC)C(C)C. The summed E-state index contributed by atoms with van der Waals surface area (Å²) in [5.74, 6) is 2.97. The second-order valence-corrected chi connectivity index (χ2v) is 12.2. The van der Waals surface area contributed by atoms with Crippen molar-refractivity contribution in [2.24, 2.45) is 17.8 Å². The van der Waals surface area contributed by atoms with E-state index in [0.29, 0.717) is 29.6 Å². The summed E-state index contributed by atoms with van der Waals surface area (Å²) in [5.41, 5.74) is 8.82. The highest BCUT2D eigenvalue weighted by atomic mass is 14.3. The fourth-order valence-electron chi connectivity index (χ4n) is 6.24. The molecule has 0 saturated heterocycles. The molecule has 0 bridgehead atoms. The summed E-state index contributed by atoms with van der Waals surface area (Å²) in [6.45, 7) is 27.3. The summed E-state index contributed by atoms with van der Waals surface area (Å²) < 4.78 is 0. The molecule has 218 valence electrons. The molecule has 0 spiro atoms. The molecule has 0 nitrogen and oxygen atoms in total. The summed E-state index contributed by atoms with van der Waals surface area (Å²) in [5, 5.41) is 0. The van der Waals surface area contributed by atoms with Gasteiger partial charge in [-0.2, -0.15) is 0 Å². The van der Waals surface area contributed by atoms with Crippen LogP contribution in [0.15, 0.2) is 71.9 Å². The van der Waals surface area contributed by atoms with Gasteiger partial charge >= 0.3 is 0 Å². The van der Waals surface area contributed by atoms with E-state index in [4.69, 9.17) is 0 Å². The lowest BCUT2D eigenvalue weighted by atomic mass is 9.73. The third-order valence-electron chi connectivity index (χ3n) is 8.79. The summed E-state index contributed by atoms with van der Waals surface area (Å²) in [4.78, 5) is 0. The van der Waals surface area contributed by atoms with E-state index < -0.39 is 0 Å².